The van der Waals surface area contributed by atoms with Crippen LogP contribution < -0.4 is 0 Å². The third kappa shape index (κ3) is 2.97. The molecule has 0 bridgehead atoms. The molecule has 0 spiro atoms. The first-order chi connectivity index (χ1) is 7.19. The van der Waals surface area contributed by atoms with Crippen molar-refractivity contribution in [3.63, 3.8) is 0 Å². The van der Waals surface area contributed by atoms with E-state index in [9.17, 15) is 0 Å². The Balaban J connectivity index is 3.04. The van der Waals surface area contributed by atoms with Gasteiger partial charge < -0.3 is 4.84 Å². The van der Waals surface area contributed by atoms with Crippen LogP contribution in [0.3, 0.4) is 0 Å². The van der Waals surface area contributed by atoms with Gasteiger partial charge in [-0.2, -0.15) is 5.26 Å². The van der Waals surface area contributed by atoms with Crippen molar-refractivity contribution in [2.45, 2.75) is 12.8 Å². The monoisotopic (exact) mass is 222 g/mol. The minimum Gasteiger partial charge on any atom is -0.399 e. The van der Waals surface area contributed by atoms with Gasteiger partial charge in [-0.25, -0.2) is 0 Å². The normalized spacial score (nSPS) is 13.1. The molecule has 0 amide bonds. The summed E-state index contributed by atoms with van der Waals surface area (Å²) in [5.41, 5.74) is 1.44. The molecular formula is C11H11ClN2O. The molecule has 0 saturated carbocycles. The van der Waals surface area contributed by atoms with Gasteiger partial charge in [0, 0.05) is 5.02 Å². The molecule has 0 N–H and O–H groups in total. The summed E-state index contributed by atoms with van der Waals surface area (Å²) in [7, 11) is 1.45. The van der Waals surface area contributed by atoms with Gasteiger partial charge in [0.1, 0.15) is 13.0 Å². The average Bonchev–Trinajstić information content (AvgIpc) is 2.19. The first-order valence-electron chi connectivity index (χ1n) is 4.41. The molecule has 0 aliphatic rings. The minimum absolute atomic E-state index is 0.413. The van der Waals surface area contributed by atoms with Crippen LogP contribution in [0.4, 0.5) is 0 Å². The van der Waals surface area contributed by atoms with Crippen molar-refractivity contribution in [3.05, 3.63) is 34.9 Å². The minimum atomic E-state index is -0.413. The Kier molecular flexibility index (Phi) is 4.14. The van der Waals surface area contributed by atoms with Crippen LogP contribution in [-0.2, 0) is 4.84 Å². The molecule has 1 rings (SSSR count). The molecule has 0 aromatic heterocycles. The fourth-order valence-corrected chi connectivity index (χ4v) is 1.49. The van der Waals surface area contributed by atoms with E-state index in [1.807, 2.05) is 12.1 Å². The molecule has 4 heteroatoms. The molecule has 1 unspecified atom stereocenters. The Morgan fingerprint density at radius 1 is 1.60 bits per heavy atom. The summed E-state index contributed by atoms with van der Waals surface area (Å²) in [5.74, 6) is -0.413. The maximum Gasteiger partial charge on any atom is 0.113 e. The highest BCUT2D eigenvalue weighted by atomic mass is 35.5. The summed E-state index contributed by atoms with van der Waals surface area (Å²) in [6.45, 7) is 1.75. The van der Waals surface area contributed by atoms with E-state index in [4.69, 9.17) is 16.9 Å². The van der Waals surface area contributed by atoms with Crippen molar-refractivity contribution in [3.8, 4) is 6.07 Å². The van der Waals surface area contributed by atoms with Crippen molar-refractivity contribution in [1.29, 1.82) is 5.26 Å². The van der Waals surface area contributed by atoms with Crippen LogP contribution in [0.5, 0.6) is 0 Å². The summed E-state index contributed by atoms with van der Waals surface area (Å²) in [4.78, 5) is 4.64. The van der Waals surface area contributed by atoms with Crippen LogP contribution in [0.25, 0.3) is 0 Å². The molecule has 15 heavy (non-hydrogen) atoms. The lowest BCUT2D eigenvalue weighted by atomic mass is 9.97. The Morgan fingerprint density at radius 3 is 2.87 bits per heavy atom. The van der Waals surface area contributed by atoms with Crippen LogP contribution in [0.1, 0.15) is 18.4 Å². The molecule has 0 heterocycles. The fraction of sp³-hybridized carbons (Fsp3) is 0.273. The van der Waals surface area contributed by atoms with Gasteiger partial charge in [-0.05, 0) is 24.6 Å². The first kappa shape index (κ1) is 11.5. The number of rotatable bonds is 3. The summed E-state index contributed by atoms with van der Waals surface area (Å²) in [5, 5.41) is 13.4. The summed E-state index contributed by atoms with van der Waals surface area (Å²) < 4.78 is 0. The SMILES string of the molecule is CO/N=C(\C)C(C#N)c1cccc(Cl)c1. The van der Waals surface area contributed by atoms with Crippen molar-refractivity contribution in [1.82, 2.24) is 0 Å². The summed E-state index contributed by atoms with van der Waals surface area (Å²) in [6, 6.07) is 9.33. The lowest BCUT2D eigenvalue weighted by molar-refractivity contribution is 0.212. The molecule has 0 aliphatic heterocycles. The molecule has 0 radical (unpaired) electrons. The van der Waals surface area contributed by atoms with Gasteiger partial charge in [0.2, 0.25) is 0 Å². The van der Waals surface area contributed by atoms with E-state index in [0.29, 0.717) is 10.7 Å². The second kappa shape index (κ2) is 5.38. The maximum atomic E-state index is 9.04. The van der Waals surface area contributed by atoms with E-state index in [-0.39, 0.29) is 0 Å². The largest absolute Gasteiger partial charge is 0.399 e. The highest BCUT2D eigenvalue weighted by molar-refractivity contribution is 6.30. The predicted octanol–water partition coefficient (Wildman–Crippen LogP) is 2.97. The van der Waals surface area contributed by atoms with Crippen LogP contribution in [0.15, 0.2) is 29.4 Å². The standard InChI is InChI=1S/C11H11ClN2O/c1-8(14-15-2)11(7-13)9-4-3-5-10(12)6-9/h3-6,11H,1-2H3/b14-8+. The third-order valence-electron chi connectivity index (χ3n) is 1.96. The molecular weight excluding hydrogens is 212 g/mol. The Hall–Kier alpha value is -1.53. The molecule has 1 aromatic carbocycles. The highest BCUT2D eigenvalue weighted by Crippen LogP contribution is 2.20. The smallest absolute Gasteiger partial charge is 0.113 e. The summed E-state index contributed by atoms with van der Waals surface area (Å²) >= 11 is 5.85. The van der Waals surface area contributed by atoms with Gasteiger partial charge in [-0.1, -0.05) is 28.9 Å². The van der Waals surface area contributed by atoms with Crippen molar-refractivity contribution in [2.24, 2.45) is 5.16 Å². The number of nitrogens with zero attached hydrogens (tertiary/aromatic N) is 2. The first-order valence-corrected chi connectivity index (χ1v) is 4.79. The Morgan fingerprint density at radius 2 is 2.33 bits per heavy atom. The number of benzene rings is 1. The average molecular weight is 223 g/mol. The number of hydrogen-bond donors (Lipinski definition) is 0. The molecule has 1 aromatic rings. The topological polar surface area (TPSA) is 45.4 Å². The van der Waals surface area contributed by atoms with E-state index in [1.165, 1.54) is 7.11 Å². The van der Waals surface area contributed by atoms with Crippen LogP contribution in [-0.4, -0.2) is 12.8 Å². The third-order valence-corrected chi connectivity index (χ3v) is 2.20. The van der Waals surface area contributed by atoms with Crippen molar-refractivity contribution in [2.75, 3.05) is 7.11 Å². The lowest BCUT2D eigenvalue weighted by Gasteiger charge is -2.08. The van der Waals surface area contributed by atoms with E-state index < -0.39 is 5.92 Å². The number of nitriles is 1. The lowest BCUT2D eigenvalue weighted by Crippen LogP contribution is -2.07. The quantitative estimate of drug-likeness (QED) is 0.583. The van der Waals surface area contributed by atoms with E-state index in [0.717, 1.165) is 5.56 Å². The van der Waals surface area contributed by atoms with Crippen LogP contribution in [0, 0.1) is 11.3 Å². The molecule has 0 saturated heterocycles. The maximum absolute atomic E-state index is 9.04. The molecule has 1 atom stereocenters. The van der Waals surface area contributed by atoms with E-state index >= 15 is 0 Å². The van der Waals surface area contributed by atoms with Crippen molar-refractivity contribution < 1.29 is 4.84 Å². The van der Waals surface area contributed by atoms with E-state index in [1.54, 1.807) is 19.1 Å². The molecule has 0 fully saturated rings. The zero-order valence-electron chi connectivity index (χ0n) is 8.57. The van der Waals surface area contributed by atoms with Gasteiger partial charge >= 0.3 is 0 Å². The Labute approximate surface area is 93.9 Å². The second-order valence-corrected chi connectivity index (χ2v) is 3.47. The summed E-state index contributed by atoms with van der Waals surface area (Å²) in [6.07, 6.45) is 0. The number of hydrogen-bond acceptors (Lipinski definition) is 3. The van der Waals surface area contributed by atoms with Crippen LogP contribution in [0.2, 0.25) is 5.02 Å². The zero-order chi connectivity index (χ0) is 11.3. The van der Waals surface area contributed by atoms with Gasteiger partial charge in [0.15, 0.2) is 0 Å². The highest BCUT2D eigenvalue weighted by Gasteiger charge is 2.14. The number of halogens is 1. The molecule has 0 aliphatic carbocycles. The Bertz CT molecular complexity index is 409. The van der Waals surface area contributed by atoms with Crippen molar-refractivity contribution >= 4 is 17.3 Å². The predicted molar refractivity (Wildman–Crippen MR) is 59.9 cm³/mol. The van der Waals surface area contributed by atoms with Gasteiger partial charge in [-0.15, -0.1) is 0 Å². The number of oxime groups is 1. The fourth-order valence-electron chi connectivity index (χ4n) is 1.29. The zero-order valence-corrected chi connectivity index (χ0v) is 9.32. The van der Waals surface area contributed by atoms with Gasteiger partial charge in [0.25, 0.3) is 0 Å². The van der Waals surface area contributed by atoms with E-state index in [2.05, 4.69) is 16.1 Å². The molecule has 3 nitrogen and oxygen atoms in total. The van der Waals surface area contributed by atoms with Crippen LogP contribution >= 0.6 is 11.6 Å². The van der Waals surface area contributed by atoms with Gasteiger partial charge in [-0.3, -0.25) is 0 Å². The second-order valence-electron chi connectivity index (χ2n) is 3.03. The molecule has 78 valence electrons. The van der Waals surface area contributed by atoms with Gasteiger partial charge in [0.05, 0.1) is 11.8 Å².